The summed E-state index contributed by atoms with van der Waals surface area (Å²) in [7, 11) is 0. The molecule has 1 atom stereocenters. The third-order valence-electron chi connectivity index (χ3n) is 5.27. The predicted molar refractivity (Wildman–Crippen MR) is 141 cm³/mol. The highest BCUT2D eigenvalue weighted by Gasteiger charge is 2.30. The van der Waals surface area contributed by atoms with Crippen LogP contribution in [0.15, 0.2) is 89.8 Å². The maximum absolute atomic E-state index is 13.5. The van der Waals surface area contributed by atoms with Gasteiger partial charge in [-0.25, -0.2) is 0 Å². The molecule has 0 saturated carbocycles. The van der Waals surface area contributed by atoms with Crippen LogP contribution in [0.5, 0.6) is 0 Å². The lowest BCUT2D eigenvalue weighted by molar-refractivity contribution is -0.141. The molecule has 0 aliphatic rings. The summed E-state index contributed by atoms with van der Waals surface area (Å²) < 4.78 is 0. The average molecular weight is 495 g/mol. The molecule has 3 rings (SSSR count). The predicted octanol–water partition coefficient (Wildman–Crippen LogP) is 5.99. The van der Waals surface area contributed by atoms with Crippen LogP contribution in [0.25, 0.3) is 0 Å². The molecule has 3 aromatic carbocycles. The minimum Gasteiger partial charge on any atom is -0.352 e. The van der Waals surface area contributed by atoms with Crippen LogP contribution >= 0.6 is 23.4 Å². The summed E-state index contributed by atoms with van der Waals surface area (Å²) in [6, 6.07) is 26.7. The fourth-order valence-corrected chi connectivity index (χ4v) is 4.76. The van der Waals surface area contributed by atoms with E-state index >= 15 is 0 Å². The van der Waals surface area contributed by atoms with Crippen LogP contribution in [0.2, 0.25) is 5.02 Å². The summed E-state index contributed by atoms with van der Waals surface area (Å²) in [6.45, 7) is 4.17. The lowest BCUT2D eigenvalue weighted by atomic mass is 10.0. The Labute approximate surface area is 211 Å². The van der Waals surface area contributed by atoms with Crippen LogP contribution in [0.4, 0.5) is 0 Å². The van der Waals surface area contributed by atoms with Crippen LogP contribution in [-0.4, -0.2) is 34.6 Å². The molecular formula is C28H31ClN2O2S. The molecule has 0 saturated heterocycles. The third kappa shape index (κ3) is 8.23. The smallest absolute Gasteiger partial charge is 0.243 e. The zero-order valence-electron chi connectivity index (χ0n) is 19.6. The molecule has 34 heavy (non-hydrogen) atoms. The van der Waals surface area contributed by atoms with E-state index in [9.17, 15) is 9.59 Å². The monoisotopic (exact) mass is 494 g/mol. The molecular weight excluding hydrogens is 464 g/mol. The highest BCUT2D eigenvalue weighted by atomic mass is 35.5. The fraction of sp³-hybridized carbons (Fsp3) is 0.286. The van der Waals surface area contributed by atoms with Crippen molar-refractivity contribution in [3.63, 3.8) is 0 Å². The van der Waals surface area contributed by atoms with Gasteiger partial charge >= 0.3 is 0 Å². The van der Waals surface area contributed by atoms with Crippen LogP contribution < -0.4 is 5.32 Å². The maximum Gasteiger partial charge on any atom is 0.243 e. The summed E-state index contributed by atoms with van der Waals surface area (Å²) in [4.78, 5) is 29.7. The van der Waals surface area contributed by atoms with Gasteiger partial charge < -0.3 is 10.2 Å². The molecule has 0 bridgehead atoms. The molecule has 4 nitrogen and oxygen atoms in total. The van der Waals surface area contributed by atoms with Gasteiger partial charge in [0.15, 0.2) is 0 Å². The lowest BCUT2D eigenvalue weighted by Crippen LogP contribution is -2.51. The van der Waals surface area contributed by atoms with E-state index in [4.69, 9.17) is 11.6 Å². The lowest BCUT2D eigenvalue weighted by Gasteiger charge is -2.32. The number of nitrogens with zero attached hydrogens (tertiary/aromatic N) is 1. The Morgan fingerprint density at radius 1 is 0.912 bits per heavy atom. The van der Waals surface area contributed by atoms with Crippen LogP contribution in [0, 0.1) is 0 Å². The third-order valence-corrected chi connectivity index (χ3v) is 6.52. The van der Waals surface area contributed by atoms with Gasteiger partial charge in [0, 0.05) is 41.1 Å². The molecule has 1 N–H and O–H groups in total. The van der Waals surface area contributed by atoms with E-state index in [-0.39, 0.29) is 17.9 Å². The molecule has 0 radical (unpaired) electrons. The summed E-state index contributed by atoms with van der Waals surface area (Å²) >= 11 is 7.85. The van der Waals surface area contributed by atoms with Gasteiger partial charge in [-0.1, -0.05) is 72.3 Å². The molecule has 2 amide bonds. The number of amides is 2. The number of nitrogens with one attached hydrogen (secondary N) is 1. The summed E-state index contributed by atoms with van der Waals surface area (Å²) in [5.41, 5.74) is 1.90. The quantitative estimate of drug-likeness (QED) is 0.333. The molecule has 3 aromatic rings. The number of benzene rings is 3. The highest BCUT2D eigenvalue weighted by Crippen LogP contribution is 2.21. The normalized spacial score (nSPS) is 11.8. The van der Waals surface area contributed by atoms with Gasteiger partial charge in [-0.15, -0.1) is 11.8 Å². The first-order valence-electron chi connectivity index (χ1n) is 11.5. The Morgan fingerprint density at radius 2 is 1.56 bits per heavy atom. The minimum absolute atomic E-state index is 0.0254. The van der Waals surface area contributed by atoms with E-state index in [2.05, 4.69) is 5.32 Å². The van der Waals surface area contributed by atoms with Gasteiger partial charge in [-0.05, 0) is 49.2 Å². The van der Waals surface area contributed by atoms with Gasteiger partial charge in [0.05, 0.1) is 0 Å². The van der Waals surface area contributed by atoms with E-state index in [0.717, 1.165) is 16.0 Å². The number of thioether (sulfide) groups is 1. The van der Waals surface area contributed by atoms with Crippen molar-refractivity contribution in [1.29, 1.82) is 0 Å². The SMILES string of the molecule is CC(C)NC(=O)C(Cc1ccccc1)N(Cc1cccc(Cl)c1)C(=O)CCSc1ccccc1. The first kappa shape index (κ1) is 25.9. The first-order valence-corrected chi connectivity index (χ1v) is 12.8. The second-order valence-corrected chi connectivity index (χ2v) is 10.0. The van der Waals surface area contributed by atoms with Crippen molar-refractivity contribution in [2.45, 2.75) is 50.2 Å². The second-order valence-electron chi connectivity index (χ2n) is 8.43. The van der Waals surface area contributed by atoms with Crippen molar-refractivity contribution in [2.24, 2.45) is 0 Å². The Balaban J connectivity index is 1.85. The Kier molecular flexibility index (Phi) is 10.0. The minimum atomic E-state index is -0.627. The van der Waals surface area contributed by atoms with Crippen molar-refractivity contribution < 1.29 is 9.59 Å². The highest BCUT2D eigenvalue weighted by molar-refractivity contribution is 7.99. The van der Waals surface area contributed by atoms with E-state index in [1.807, 2.05) is 92.7 Å². The molecule has 0 heterocycles. The van der Waals surface area contributed by atoms with Gasteiger partial charge in [0.25, 0.3) is 0 Å². The largest absolute Gasteiger partial charge is 0.352 e. The molecule has 0 aromatic heterocycles. The first-order chi connectivity index (χ1) is 16.4. The second kappa shape index (κ2) is 13.2. The topological polar surface area (TPSA) is 49.4 Å². The molecule has 0 aliphatic carbocycles. The number of carbonyl (C=O) groups excluding carboxylic acids is 2. The number of rotatable bonds is 11. The van der Waals surface area contributed by atoms with Crippen molar-refractivity contribution >= 4 is 35.2 Å². The van der Waals surface area contributed by atoms with Crippen molar-refractivity contribution in [1.82, 2.24) is 10.2 Å². The number of carbonyl (C=O) groups is 2. The fourth-order valence-electron chi connectivity index (χ4n) is 3.68. The van der Waals surface area contributed by atoms with Crippen LogP contribution in [0.1, 0.15) is 31.4 Å². The number of halogens is 1. The van der Waals surface area contributed by atoms with Crippen LogP contribution in [0.3, 0.4) is 0 Å². The average Bonchev–Trinajstić information content (AvgIpc) is 2.82. The van der Waals surface area contributed by atoms with Crippen molar-refractivity contribution in [3.05, 3.63) is 101 Å². The van der Waals surface area contributed by atoms with Gasteiger partial charge in [-0.2, -0.15) is 0 Å². The van der Waals surface area contributed by atoms with E-state index in [0.29, 0.717) is 30.2 Å². The number of hydrogen-bond acceptors (Lipinski definition) is 3. The van der Waals surface area contributed by atoms with Gasteiger partial charge in [-0.3, -0.25) is 9.59 Å². The molecule has 0 fully saturated rings. The van der Waals surface area contributed by atoms with Crippen LogP contribution in [-0.2, 0) is 22.6 Å². The number of hydrogen-bond donors (Lipinski definition) is 1. The molecule has 0 spiro atoms. The Morgan fingerprint density at radius 3 is 2.21 bits per heavy atom. The van der Waals surface area contributed by atoms with Gasteiger partial charge in [0.1, 0.15) is 6.04 Å². The van der Waals surface area contributed by atoms with Gasteiger partial charge in [0.2, 0.25) is 11.8 Å². The Hall–Kier alpha value is -2.76. The van der Waals surface area contributed by atoms with Crippen molar-refractivity contribution in [3.8, 4) is 0 Å². The molecule has 0 aliphatic heterocycles. The molecule has 178 valence electrons. The zero-order chi connectivity index (χ0) is 24.3. The summed E-state index contributed by atoms with van der Waals surface area (Å²) in [5, 5.41) is 3.62. The summed E-state index contributed by atoms with van der Waals surface area (Å²) in [6.07, 6.45) is 0.776. The van der Waals surface area contributed by atoms with E-state index in [1.165, 1.54) is 0 Å². The molecule has 1 unspecified atom stereocenters. The maximum atomic E-state index is 13.5. The Bertz CT molecular complexity index is 1060. The standard InChI is InChI=1S/C28H31ClN2O2S/c1-21(2)30-28(33)26(19-22-10-5-3-6-11-22)31(20-23-12-9-13-24(29)18-23)27(32)16-17-34-25-14-7-4-8-15-25/h3-15,18,21,26H,16-17,19-20H2,1-2H3,(H,30,33). The van der Waals surface area contributed by atoms with E-state index < -0.39 is 6.04 Å². The molecule has 6 heteroatoms. The zero-order valence-corrected chi connectivity index (χ0v) is 21.2. The van der Waals surface area contributed by atoms with Crippen molar-refractivity contribution in [2.75, 3.05) is 5.75 Å². The summed E-state index contributed by atoms with van der Waals surface area (Å²) in [5.74, 6) is 0.437. The van der Waals surface area contributed by atoms with E-state index in [1.54, 1.807) is 22.7 Å².